The van der Waals surface area contributed by atoms with Crippen molar-refractivity contribution in [2.24, 2.45) is 0 Å². The summed E-state index contributed by atoms with van der Waals surface area (Å²) in [4.78, 5) is 12.4. The molecule has 1 aromatic carbocycles. The SMILES string of the molecule is CCOC(=O)C1=C(C)NC(=S)N[C@H]1c1cc2c(cc1C)OCO2. The number of fused-ring (bicyclic) bond motifs is 1. The summed E-state index contributed by atoms with van der Waals surface area (Å²) in [6.07, 6.45) is 0. The van der Waals surface area contributed by atoms with E-state index in [-0.39, 0.29) is 12.8 Å². The Morgan fingerprint density at radius 2 is 2.04 bits per heavy atom. The van der Waals surface area contributed by atoms with E-state index in [4.69, 9.17) is 26.4 Å². The van der Waals surface area contributed by atoms with Crippen LogP contribution in [0.4, 0.5) is 0 Å². The highest BCUT2D eigenvalue weighted by Crippen LogP contribution is 2.39. The fourth-order valence-electron chi connectivity index (χ4n) is 2.78. The lowest BCUT2D eigenvalue weighted by molar-refractivity contribution is -0.139. The van der Waals surface area contributed by atoms with Crippen LogP contribution in [0, 0.1) is 6.92 Å². The average Bonchev–Trinajstić information content (AvgIpc) is 2.92. The summed E-state index contributed by atoms with van der Waals surface area (Å²) >= 11 is 5.24. The Balaban J connectivity index is 2.07. The number of esters is 1. The molecule has 0 aliphatic carbocycles. The molecule has 2 N–H and O–H groups in total. The molecule has 1 aromatic rings. The largest absolute Gasteiger partial charge is 0.463 e. The Morgan fingerprint density at radius 3 is 2.74 bits per heavy atom. The molecule has 2 heterocycles. The zero-order valence-electron chi connectivity index (χ0n) is 13.2. The Kier molecular flexibility index (Phi) is 4.12. The van der Waals surface area contributed by atoms with Crippen LogP contribution in [0.5, 0.6) is 11.5 Å². The minimum atomic E-state index is -0.391. The summed E-state index contributed by atoms with van der Waals surface area (Å²) in [5.41, 5.74) is 3.09. The first-order chi connectivity index (χ1) is 11.0. The molecule has 122 valence electrons. The smallest absolute Gasteiger partial charge is 0.338 e. The van der Waals surface area contributed by atoms with Gasteiger partial charge in [-0.15, -0.1) is 0 Å². The number of aryl methyl sites for hydroxylation is 1. The van der Waals surface area contributed by atoms with Gasteiger partial charge < -0.3 is 24.8 Å². The Hall–Kier alpha value is -2.28. The van der Waals surface area contributed by atoms with Crippen LogP contribution in [0.25, 0.3) is 0 Å². The molecule has 0 saturated carbocycles. The van der Waals surface area contributed by atoms with Gasteiger partial charge in [0.15, 0.2) is 16.6 Å². The van der Waals surface area contributed by atoms with E-state index in [0.29, 0.717) is 34.5 Å². The van der Waals surface area contributed by atoms with Gasteiger partial charge in [-0.25, -0.2) is 4.79 Å². The zero-order valence-corrected chi connectivity index (χ0v) is 14.0. The molecule has 3 rings (SSSR count). The Labute approximate surface area is 139 Å². The number of carbonyl (C=O) groups is 1. The van der Waals surface area contributed by atoms with Crippen LogP contribution in [0.2, 0.25) is 0 Å². The second kappa shape index (κ2) is 6.08. The highest BCUT2D eigenvalue weighted by molar-refractivity contribution is 7.80. The lowest BCUT2D eigenvalue weighted by Gasteiger charge is -2.30. The number of nitrogens with one attached hydrogen (secondary N) is 2. The van der Waals surface area contributed by atoms with Crippen LogP contribution in [0.15, 0.2) is 23.4 Å². The number of hydrogen-bond acceptors (Lipinski definition) is 5. The first kappa shape index (κ1) is 15.6. The molecule has 0 spiro atoms. The third-order valence-corrected chi connectivity index (χ3v) is 4.06. The maximum atomic E-state index is 12.4. The van der Waals surface area contributed by atoms with Crippen LogP contribution >= 0.6 is 12.2 Å². The van der Waals surface area contributed by atoms with Crippen LogP contribution in [0.1, 0.15) is 31.0 Å². The van der Waals surface area contributed by atoms with Gasteiger partial charge in [-0.2, -0.15) is 0 Å². The van der Waals surface area contributed by atoms with Gasteiger partial charge in [0.25, 0.3) is 0 Å². The van der Waals surface area contributed by atoms with Crippen molar-refractivity contribution in [1.29, 1.82) is 0 Å². The van der Waals surface area contributed by atoms with Gasteiger partial charge in [-0.3, -0.25) is 0 Å². The van der Waals surface area contributed by atoms with Gasteiger partial charge in [0.1, 0.15) is 0 Å². The number of benzene rings is 1. The lowest BCUT2D eigenvalue weighted by Crippen LogP contribution is -2.45. The quantitative estimate of drug-likeness (QED) is 0.648. The fraction of sp³-hybridized carbons (Fsp3) is 0.375. The standard InChI is InChI=1S/C16H18N2O4S/c1-4-20-15(19)13-9(3)17-16(23)18-14(13)10-6-12-11(5-8(10)2)21-7-22-12/h5-6,14H,4,7H2,1-3H3,(H2,17,18,23)/t14-/m0/s1. The van der Waals surface area contributed by atoms with Crippen molar-refractivity contribution in [3.8, 4) is 11.5 Å². The third-order valence-electron chi connectivity index (χ3n) is 3.84. The molecule has 0 aromatic heterocycles. The number of rotatable bonds is 3. The molecule has 23 heavy (non-hydrogen) atoms. The topological polar surface area (TPSA) is 68.8 Å². The molecular formula is C16H18N2O4S. The first-order valence-corrected chi connectivity index (χ1v) is 7.77. The van der Waals surface area contributed by atoms with E-state index in [1.807, 2.05) is 26.0 Å². The predicted octanol–water partition coefficient (Wildman–Crippen LogP) is 2.08. The highest BCUT2D eigenvalue weighted by Gasteiger charge is 2.33. The molecule has 2 aliphatic rings. The van der Waals surface area contributed by atoms with Crippen molar-refractivity contribution in [1.82, 2.24) is 10.6 Å². The van der Waals surface area contributed by atoms with Gasteiger partial charge in [0.05, 0.1) is 18.2 Å². The van der Waals surface area contributed by atoms with Crippen molar-refractivity contribution >= 4 is 23.3 Å². The van der Waals surface area contributed by atoms with Crippen LogP contribution in [0.3, 0.4) is 0 Å². The van der Waals surface area contributed by atoms with E-state index in [1.165, 1.54) is 0 Å². The summed E-state index contributed by atoms with van der Waals surface area (Å²) in [6, 6.07) is 3.40. The van der Waals surface area contributed by atoms with E-state index >= 15 is 0 Å². The van der Waals surface area contributed by atoms with Crippen molar-refractivity contribution in [2.45, 2.75) is 26.8 Å². The normalized spacial score (nSPS) is 19.3. The van der Waals surface area contributed by atoms with Crippen LogP contribution in [-0.2, 0) is 9.53 Å². The van der Waals surface area contributed by atoms with Gasteiger partial charge in [0, 0.05) is 5.70 Å². The maximum absolute atomic E-state index is 12.4. The molecule has 6 nitrogen and oxygen atoms in total. The Bertz CT molecular complexity index is 714. The highest BCUT2D eigenvalue weighted by atomic mass is 32.1. The summed E-state index contributed by atoms with van der Waals surface area (Å²) in [7, 11) is 0. The monoisotopic (exact) mass is 334 g/mol. The second-order valence-corrected chi connectivity index (χ2v) is 5.76. The molecular weight excluding hydrogens is 316 g/mol. The van der Waals surface area contributed by atoms with E-state index < -0.39 is 6.04 Å². The summed E-state index contributed by atoms with van der Waals surface area (Å²) in [5, 5.41) is 6.60. The maximum Gasteiger partial charge on any atom is 0.338 e. The summed E-state index contributed by atoms with van der Waals surface area (Å²) in [6.45, 7) is 6.07. The van der Waals surface area contributed by atoms with Gasteiger partial charge in [0.2, 0.25) is 6.79 Å². The van der Waals surface area contributed by atoms with Gasteiger partial charge in [-0.1, -0.05) is 0 Å². The molecule has 7 heteroatoms. The number of thiocarbonyl (C=S) groups is 1. The molecule has 2 aliphatic heterocycles. The van der Waals surface area contributed by atoms with Crippen molar-refractivity contribution in [3.05, 3.63) is 34.5 Å². The number of carbonyl (C=O) groups excluding carboxylic acids is 1. The number of ether oxygens (including phenoxy) is 3. The molecule has 0 amide bonds. The van der Waals surface area contributed by atoms with E-state index in [1.54, 1.807) is 6.92 Å². The molecule has 1 atom stereocenters. The van der Waals surface area contributed by atoms with Gasteiger partial charge >= 0.3 is 5.97 Å². The third kappa shape index (κ3) is 2.84. The van der Waals surface area contributed by atoms with E-state index in [0.717, 1.165) is 11.1 Å². The van der Waals surface area contributed by atoms with Crippen molar-refractivity contribution < 1.29 is 19.0 Å². The minimum absolute atomic E-state index is 0.204. The summed E-state index contributed by atoms with van der Waals surface area (Å²) in [5.74, 6) is 1.01. The van der Waals surface area contributed by atoms with Crippen molar-refractivity contribution in [3.63, 3.8) is 0 Å². The number of allylic oxidation sites excluding steroid dienone is 1. The second-order valence-electron chi connectivity index (χ2n) is 5.35. The lowest BCUT2D eigenvalue weighted by atomic mass is 9.92. The molecule has 0 radical (unpaired) electrons. The van der Waals surface area contributed by atoms with Gasteiger partial charge in [-0.05, 0) is 56.2 Å². The Morgan fingerprint density at radius 1 is 1.35 bits per heavy atom. The fourth-order valence-corrected chi connectivity index (χ4v) is 3.05. The molecule has 0 fully saturated rings. The number of hydrogen-bond donors (Lipinski definition) is 2. The molecule has 0 saturated heterocycles. The van der Waals surface area contributed by atoms with Crippen LogP contribution < -0.4 is 20.1 Å². The van der Waals surface area contributed by atoms with Crippen LogP contribution in [-0.4, -0.2) is 24.5 Å². The average molecular weight is 334 g/mol. The van der Waals surface area contributed by atoms with Crippen molar-refractivity contribution in [2.75, 3.05) is 13.4 Å². The molecule has 0 unspecified atom stereocenters. The van der Waals surface area contributed by atoms with E-state index in [9.17, 15) is 4.79 Å². The first-order valence-electron chi connectivity index (χ1n) is 7.36. The minimum Gasteiger partial charge on any atom is -0.463 e. The summed E-state index contributed by atoms with van der Waals surface area (Å²) < 4.78 is 16.0. The predicted molar refractivity (Wildman–Crippen MR) is 88.2 cm³/mol. The molecule has 0 bridgehead atoms. The zero-order chi connectivity index (χ0) is 16.6. The van der Waals surface area contributed by atoms with E-state index in [2.05, 4.69) is 10.6 Å².